The van der Waals surface area contributed by atoms with Crippen molar-refractivity contribution in [1.29, 1.82) is 0 Å². The lowest BCUT2D eigenvalue weighted by atomic mass is 10.1. The molecule has 1 aromatic carbocycles. The van der Waals surface area contributed by atoms with E-state index in [0.29, 0.717) is 0 Å². The van der Waals surface area contributed by atoms with Gasteiger partial charge in [0, 0.05) is 23.9 Å². The normalized spacial score (nSPS) is 20.0. The van der Waals surface area contributed by atoms with Crippen molar-refractivity contribution in [2.24, 2.45) is 12.8 Å². The van der Waals surface area contributed by atoms with Crippen LogP contribution in [0.1, 0.15) is 11.7 Å². The summed E-state index contributed by atoms with van der Waals surface area (Å²) < 4.78 is 7.73. The van der Waals surface area contributed by atoms with Gasteiger partial charge in [0.25, 0.3) is 0 Å². The minimum Gasteiger partial charge on any atom is -0.486 e. The Balaban J connectivity index is 1.79. The van der Waals surface area contributed by atoms with E-state index in [1.807, 2.05) is 37.5 Å². The van der Waals surface area contributed by atoms with Gasteiger partial charge < -0.3 is 10.5 Å². The summed E-state index contributed by atoms with van der Waals surface area (Å²) in [7, 11) is 1.89. The molecular weight excluding hydrogens is 246 g/mol. The average molecular weight is 261 g/mol. The maximum atomic E-state index is 6.23. The van der Waals surface area contributed by atoms with Gasteiger partial charge >= 0.3 is 0 Å². The molecule has 1 aromatic heterocycles. The van der Waals surface area contributed by atoms with Crippen molar-refractivity contribution in [3.05, 3.63) is 42.2 Å². The Morgan fingerprint density at radius 1 is 1.44 bits per heavy atom. The molecule has 2 heterocycles. The van der Waals surface area contributed by atoms with Crippen LogP contribution in [0.25, 0.3) is 0 Å². The first-order valence-corrected chi connectivity index (χ1v) is 6.86. The Hall–Kier alpha value is -1.46. The molecule has 0 fully saturated rings. The van der Waals surface area contributed by atoms with Crippen molar-refractivity contribution in [3.63, 3.8) is 0 Å². The van der Waals surface area contributed by atoms with Crippen molar-refractivity contribution < 1.29 is 4.74 Å². The van der Waals surface area contributed by atoms with E-state index >= 15 is 0 Å². The molecule has 1 aliphatic rings. The van der Waals surface area contributed by atoms with Gasteiger partial charge in [-0.05, 0) is 18.2 Å². The highest BCUT2D eigenvalue weighted by Gasteiger charge is 2.27. The third-order valence-electron chi connectivity index (χ3n) is 3.01. The fraction of sp³-hybridized carbons (Fsp3) is 0.308. The molecule has 18 heavy (non-hydrogen) atoms. The van der Waals surface area contributed by atoms with Gasteiger partial charge in [-0.25, -0.2) is 0 Å². The van der Waals surface area contributed by atoms with Crippen LogP contribution in [-0.2, 0) is 7.05 Å². The maximum absolute atomic E-state index is 6.23. The molecule has 2 aromatic rings. The number of benzene rings is 1. The Bertz CT molecular complexity index is 555. The molecule has 0 spiro atoms. The second-order valence-corrected chi connectivity index (χ2v) is 5.42. The molecule has 3 rings (SSSR count). The molecule has 94 valence electrons. The highest BCUT2D eigenvalue weighted by atomic mass is 32.2. The fourth-order valence-electron chi connectivity index (χ4n) is 2.01. The highest BCUT2D eigenvalue weighted by Crippen LogP contribution is 2.37. The van der Waals surface area contributed by atoms with Crippen molar-refractivity contribution in [2.75, 3.05) is 5.75 Å². The molecule has 5 heteroatoms. The molecule has 0 aliphatic carbocycles. The number of nitrogens with two attached hydrogens (primary N) is 1. The second kappa shape index (κ2) is 4.66. The van der Waals surface area contributed by atoms with E-state index in [2.05, 4.69) is 11.2 Å². The number of rotatable bonds is 2. The molecule has 1 aliphatic heterocycles. The standard InChI is InChI=1S/C13H15N3OS/c1-16-7-6-9(15-16)13(14)11-8-18-12-5-3-2-4-10(12)17-11/h2-7,11,13H,8,14H2,1H3. The monoisotopic (exact) mass is 261 g/mol. The van der Waals surface area contributed by atoms with Crippen LogP contribution in [-0.4, -0.2) is 21.6 Å². The van der Waals surface area contributed by atoms with E-state index in [9.17, 15) is 0 Å². The van der Waals surface area contributed by atoms with Gasteiger partial charge in [-0.1, -0.05) is 12.1 Å². The van der Waals surface area contributed by atoms with Crippen molar-refractivity contribution in [2.45, 2.75) is 17.0 Å². The zero-order valence-corrected chi connectivity index (χ0v) is 10.9. The molecule has 0 bridgehead atoms. The first-order valence-electron chi connectivity index (χ1n) is 5.87. The molecule has 2 unspecified atom stereocenters. The van der Waals surface area contributed by atoms with Gasteiger partial charge in [0.15, 0.2) is 0 Å². The molecule has 0 radical (unpaired) electrons. The van der Waals surface area contributed by atoms with Gasteiger partial charge in [-0.2, -0.15) is 5.10 Å². The van der Waals surface area contributed by atoms with Gasteiger partial charge in [-0.15, -0.1) is 11.8 Å². The molecule has 0 saturated carbocycles. The highest BCUT2D eigenvalue weighted by molar-refractivity contribution is 7.99. The molecular formula is C13H15N3OS. The zero-order chi connectivity index (χ0) is 12.5. The minimum atomic E-state index is -0.188. The van der Waals surface area contributed by atoms with Crippen LogP contribution in [0.3, 0.4) is 0 Å². The summed E-state index contributed by atoms with van der Waals surface area (Å²) in [5, 5.41) is 4.34. The van der Waals surface area contributed by atoms with Crippen molar-refractivity contribution >= 4 is 11.8 Å². The summed E-state index contributed by atoms with van der Waals surface area (Å²) in [5.74, 6) is 1.78. The number of thioether (sulfide) groups is 1. The lowest BCUT2D eigenvalue weighted by Crippen LogP contribution is -2.35. The zero-order valence-electron chi connectivity index (χ0n) is 10.1. The number of hydrogen-bond acceptors (Lipinski definition) is 4. The topological polar surface area (TPSA) is 53.1 Å². The second-order valence-electron chi connectivity index (χ2n) is 4.35. The number of nitrogens with zero attached hydrogens (tertiary/aromatic N) is 2. The largest absolute Gasteiger partial charge is 0.486 e. The van der Waals surface area contributed by atoms with Crippen LogP contribution in [0.5, 0.6) is 5.75 Å². The first-order chi connectivity index (χ1) is 8.74. The molecule has 0 saturated heterocycles. The number of fused-ring (bicyclic) bond motifs is 1. The lowest BCUT2D eigenvalue weighted by molar-refractivity contribution is 0.183. The van der Waals surface area contributed by atoms with E-state index in [1.165, 1.54) is 4.90 Å². The number of para-hydroxylation sites is 1. The molecule has 2 atom stereocenters. The summed E-state index contributed by atoms with van der Waals surface area (Å²) >= 11 is 1.79. The molecule has 2 N–H and O–H groups in total. The van der Waals surface area contributed by atoms with Crippen molar-refractivity contribution in [3.8, 4) is 5.75 Å². The number of hydrogen-bond donors (Lipinski definition) is 1. The van der Waals surface area contributed by atoms with E-state index in [0.717, 1.165) is 17.2 Å². The Kier molecular flexibility index (Phi) is 3.01. The summed E-state index contributed by atoms with van der Waals surface area (Å²) in [6.07, 6.45) is 1.87. The van der Waals surface area contributed by atoms with Crippen LogP contribution in [0.15, 0.2) is 41.4 Å². The Morgan fingerprint density at radius 3 is 3.06 bits per heavy atom. The predicted octanol–water partition coefficient (Wildman–Crippen LogP) is 1.97. The summed E-state index contributed by atoms with van der Waals surface area (Å²) in [4.78, 5) is 1.18. The molecule has 4 nitrogen and oxygen atoms in total. The number of aromatic nitrogens is 2. The van der Waals surface area contributed by atoms with Gasteiger partial charge in [0.2, 0.25) is 0 Å². The lowest BCUT2D eigenvalue weighted by Gasteiger charge is -2.28. The van der Waals surface area contributed by atoms with E-state index in [1.54, 1.807) is 16.4 Å². The van der Waals surface area contributed by atoms with E-state index in [4.69, 9.17) is 10.5 Å². The SMILES string of the molecule is Cn1ccc(C(N)C2CSc3ccccc3O2)n1. The van der Waals surface area contributed by atoms with Crippen LogP contribution in [0.4, 0.5) is 0 Å². The predicted molar refractivity (Wildman–Crippen MR) is 71.7 cm³/mol. The van der Waals surface area contributed by atoms with Crippen LogP contribution in [0, 0.1) is 0 Å². The number of ether oxygens (including phenoxy) is 1. The van der Waals surface area contributed by atoms with Crippen LogP contribution in [0.2, 0.25) is 0 Å². The third kappa shape index (κ3) is 2.11. The Morgan fingerprint density at radius 2 is 2.28 bits per heavy atom. The smallest absolute Gasteiger partial charge is 0.133 e. The van der Waals surface area contributed by atoms with E-state index < -0.39 is 0 Å². The summed E-state index contributed by atoms with van der Waals surface area (Å²) in [6, 6.07) is 9.82. The minimum absolute atomic E-state index is 0.0280. The Labute approximate surface area is 110 Å². The first kappa shape index (κ1) is 11.6. The van der Waals surface area contributed by atoms with Gasteiger partial charge in [0.05, 0.1) is 11.7 Å². The third-order valence-corrected chi connectivity index (χ3v) is 4.15. The maximum Gasteiger partial charge on any atom is 0.133 e. The van der Waals surface area contributed by atoms with Crippen molar-refractivity contribution in [1.82, 2.24) is 9.78 Å². The average Bonchev–Trinajstić information content (AvgIpc) is 2.84. The van der Waals surface area contributed by atoms with Gasteiger partial charge in [0.1, 0.15) is 11.9 Å². The van der Waals surface area contributed by atoms with Crippen LogP contribution >= 0.6 is 11.8 Å². The summed E-state index contributed by atoms with van der Waals surface area (Å²) in [5.41, 5.74) is 7.10. The van der Waals surface area contributed by atoms with Crippen LogP contribution < -0.4 is 10.5 Å². The quantitative estimate of drug-likeness (QED) is 0.898. The number of aryl methyl sites for hydroxylation is 1. The van der Waals surface area contributed by atoms with E-state index in [-0.39, 0.29) is 12.1 Å². The summed E-state index contributed by atoms with van der Waals surface area (Å²) in [6.45, 7) is 0. The van der Waals surface area contributed by atoms with Gasteiger partial charge in [-0.3, -0.25) is 4.68 Å². The fourth-order valence-corrected chi connectivity index (χ4v) is 3.07. The molecule has 0 amide bonds.